The molecule has 1 amide bonds. The van der Waals surface area contributed by atoms with Gasteiger partial charge in [0.25, 0.3) is 5.91 Å². The number of rotatable bonds is 4. The molecule has 6 atom stereocenters. The van der Waals surface area contributed by atoms with Crippen molar-refractivity contribution in [3.8, 4) is 16.9 Å². The van der Waals surface area contributed by atoms with Gasteiger partial charge in [0.15, 0.2) is 17.2 Å². The highest BCUT2D eigenvalue weighted by Crippen LogP contribution is 2.57. The van der Waals surface area contributed by atoms with E-state index in [4.69, 9.17) is 5.73 Å². The fourth-order valence-electron chi connectivity index (χ4n) is 6.83. The van der Waals surface area contributed by atoms with Crippen LogP contribution in [0, 0.1) is 11.8 Å². The molecule has 0 heterocycles. The van der Waals surface area contributed by atoms with Crippen molar-refractivity contribution in [1.82, 2.24) is 4.90 Å². The van der Waals surface area contributed by atoms with E-state index in [-0.39, 0.29) is 17.1 Å². The molecule has 6 unspecified atom stereocenters. The Labute approximate surface area is 234 Å². The quantitative estimate of drug-likeness (QED) is 0.234. The van der Waals surface area contributed by atoms with Gasteiger partial charge in [-0.15, -0.1) is 0 Å². The van der Waals surface area contributed by atoms with Crippen molar-refractivity contribution < 1.29 is 44.7 Å². The zero-order valence-corrected chi connectivity index (χ0v) is 22.7. The van der Waals surface area contributed by atoms with Crippen LogP contribution in [0.2, 0.25) is 0 Å². The molecular weight excluding hydrogens is 532 g/mol. The molecule has 0 saturated heterocycles. The van der Waals surface area contributed by atoms with Crippen molar-refractivity contribution in [3.63, 3.8) is 0 Å². The smallest absolute Gasteiger partial charge is 0.255 e. The Hall–Kier alpha value is -4.32. The molecular formula is C30H30N2O9. The van der Waals surface area contributed by atoms with Gasteiger partial charge in [0.05, 0.1) is 23.6 Å². The van der Waals surface area contributed by atoms with Crippen LogP contribution in [0.5, 0.6) is 5.75 Å². The van der Waals surface area contributed by atoms with Gasteiger partial charge < -0.3 is 31.3 Å². The number of aliphatic hydroxyl groups excluding tert-OH is 3. The number of phenols is 1. The number of fused-ring (bicyclic) bond motifs is 3. The number of ketones is 3. The summed E-state index contributed by atoms with van der Waals surface area (Å²) in [6.07, 6.45) is -1.69. The number of hydrogen-bond acceptors (Lipinski definition) is 10. The summed E-state index contributed by atoms with van der Waals surface area (Å²) in [7, 11) is 2.90. The Morgan fingerprint density at radius 1 is 1.00 bits per heavy atom. The minimum Gasteiger partial charge on any atom is -0.508 e. The predicted molar refractivity (Wildman–Crippen MR) is 146 cm³/mol. The number of amides is 1. The van der Waals surface area contributed by atoms with E-state index in [1.54, 1.807) is 37.3 Å². The number of Topliss-reactive ketones (excluding diaryl/α,β-unsaturated/α-hetero) is 3. The van der Waals surface area contributed by atoms with E-state index >= 15 is 0 Å². The first-order chi connectivity index (χ1) is 19.2. The molecule has 11 heteroatoms. The molecule has 1 saturated carbocycles. The maximum absolute atomic E-state index is 14.1. The van der Waals surface area contributed by atoms with Crippen molar-refractivity contribution in [3.05, 3.63) is 70.0 Å². The number of phenolic OH excluding ortho intramolecular Hbond substituents is 1. The van der Waals surface area contributed by atoms with Gasteiger partial charge in [-0.05, 0) is 49.7 Å². The lowest BCUT2D eigenvalue weighted by Gasteiger charge is -2.53. The van der Waals surface area contributed by atoms with Gasteiger partial charge in [-0.3, -0.25) is 24.1 Å². The van der Waals surface area contributed by atoms with Crippen molar-refractivity contribution in [2.24, 2.45) is 17.6 Å². The first kappa shape index (κ1) is 28.2. The number of aliphatic hydroxyl groups is 4. The zero-order chi connectivity index (χ0) is 30.3. The summed E-state index contributed by atoms with van der Waals surface area (Å²) in [5.74, 6) is -9.66. The average molecular weight is 563 g/mol. The minimum atomic E-state index is -2.97. The maximum atomic E-state index is 14.1. The first-order valence-electron chi connectivity index (χ1n) is 13.0. The first-order valence-corrected chi connectivity index (χ1v) is 13.0. The summed E-state index contributed by atoms with van der Waals surface area (Å²) < 4.78 is 0. The lowest BCUT2D eigenvalue weighted by molar-refractivity contribution is -0.169. The molecule has 2 aromatic carbocycles. The van der Waals surface area contributed by atoms with E-state index in [0.29, 0.717) is 22.3 Å². The molecule has 0 bridgehead atoms. The lowest BCUT2D eigenvalue weighted by atomic mass is 9.54. The number of nitrogens with zero attached hydrogens (tertiary/aromatic N) is 1. The Bertz CT molecular complexity index is 1600. The SMILES string of the molecule is CC(=O)c1ccc(-c2ccc(O)c3c2C(C)C2C(=C3O)C(=O)C3(O)C(O)=C(C(N)=O)C(=O)C(N(C)C)C3C2O)cc1. The van der Waals surface area contributed by atoms with Gasteiger partial charge in [-0.2, -0.15) is 0 Å². The van der Waals surface area contributed by atoms with Gasteiger partial charge >= 0.3 is 0 Å². The molecule has 2 aromatic rings. The van der Waals surface area contributed by atoms with E-state index < -0.39 is 75.6 Å². The molecule has 214 valence electrons. The number of carbonyl (C=O) groups is 4. The highest BCUT2D eigenvalue weighted by molar-refractivity contribution is 6.24. The second-order valence-corrected chi connectivity index (χ2v) is 11.1. The molecule has 0 aliphatic heterocycles. The third-order valence-corrected chi connectivity index (χ3v) is 8.71. The van der Waals surface area contributed by atoms with Gasteiger partial charge in [-0.1, -0.05) is 37.3 Å². The van der Waals surface area contributed by atoms with E-state index in [1.807, 2.05) is 0 Å². The van der Waals surface area contributed by atoms with E-state index in [0.717, 1.165) is 0 Å². The highest BCUT2D eigenvalue weighted by Gasteiger charge is 2.68. The van der Waals surface area contributed by atoms with Crippen LogP contribution < -0.4 is 5.73 Å². The summed E-state index contributed by atoms with van der Waals surface area (Å²) in [5.41, 5.74) is 2.89. The van der Waals surface area contributed by atoms with Gasteiger partial charge in [0, 0.05) is 17.1 Å². The number of aromatic hydroxyl groups is 1. The second kappa shape index (κ2) is 9.37. The molecule has 7 N–H and O–H groups in total. The van der Waals surface area contributed by atoms with Crippen molar-refractivity contribution in [2.45, 2.75) is 37.5 Å². The number of hydrogen-bond donors (Lipinski definition) is 6. The van der Waals surface area contributed by atoms with Crippen LogP contribution in [0.25, 0.3) is 16.9 Å². The van der Waals surface area contributed by atoms with Crippen LogP contribution in [0.1, 0.15) is 41.3 Å². The second-order valence-electron chi connectivity index (χ2n) is 11.1. The summed E-state index contributed by atoms with van der Waals surface area (Å²) in [6, 6.07) is 8.16. The molecule has 5 rings (SSSR count). The number of primary amides is 1. The maximum Gasteiger partial charge on any atom is 0.255 e. The van der Waals surface area contributed by atoms with Crippen LogP contribution >= 0.6 is 0 Å². The highest BCUT2D eigenvalue weighted by atomic mass is 16.4. The summed E-state index contributed by atoms with van der Waals surface area (Å²) >= 11 is 0. The number of benzene rings is 2. The van der Waals surface area contributed by atoms with E-state index in [9.17, 15) is 44.7 Å². The largest absolute Gasteiger partial charge is 0.508 e. The van der Waals surface area contributed by atoms with E-state index in [2.05, 4.69) is 0 Å². The third kappa shape index (κ3) is 3.69. The third-order valence-electron chi connectivity index (χ3n) is 8.71. The van der Waals surface area contributed by atoms with Crippen LogP contribution in [-0.4, -0.2) is 85.5 Å². The average Bonchev–Trinajstić information content (AvgIpc) is 2.90. The summed E-state index contributed by atoms with van der Waals surface area (Å²) in [5, 5.41) is 56.9. The molecule has 3 aliphatic carbocycles. The standard InChI is InChI=1S/C30H30N2O9/c1-11-17-15(14-7-5-13(6-8-14)12(2)33)9-10-16(34)19(17)24(35)20-18(11)25(36)22-23(32(3)4)26(37)21(29(31)40)28(39)30(22,41)27(20)38/h5-11,18,22-23,25,34-36,39,41H,1-4H3,(H2,31,40). The lowest BCUT2D eigenvalue weighted by Crippen LogP contribution is -2.70. The zero-order valence-electron chi connectivity index (χ0n) is 22.7. The van der Waals surface area contributed by atoms with Crippen molar-refractivity contribution >= 4 is 29.0 Å². The number of nitrogens with two attached hydrogens (primary N) is 1. The molecule has 3 aliphatic rings. The Balaban J connectivity index is 1.79. The van der Waals surface area contributed by atoms with Crippen molar-refractivity contribution in [1.29, 1.82) is 0 Å². The Morgan fingerprint density at radius 2 is 1.61 bits per heavy atom. The van der Waals surface area contributed by atoms with Crippen LogP contribution in [0.3, 0.4) is 0 Å². The van der Waals surface area contributed by atoms with Crippen LogP contribution in [0.15, 0.2) is 53.3 Å². The fourth-order valence-corrected chi connectivity index (χ4v) is 6.83. The Morgan fingerprint density at radius 3 is 2.15 bits per heavy atom. The predicted octanol–water partition coefficient (Wildman–Crippen LogP) is 1.37. The van der Waals surface area contributed by atoms with Gasteiger partial charge in [-0.25, -0.2) is 0 Å². The monoisotopic (exact) mass is 562 g/mol. The molecule has 1 fully saturated rings. The van der Waals surface area contributed by atoms with E-state index in [1.165, 1.54) is 32.0 Å². The molecule has 0 spiro atoms. The molecule has 41 heavy (non-hydrogen) atoms. The van der Waals surface area contributed by atoms with Crippen LogP contribution in [0.4, 0.5) is 0 Å². The minimum absolute atomic E-state index is 0.103. The molecule has 11 nitrogen and oxygen atoms in total. The number of carbonyl (C=O) groups excluding carboxylic acids is 4. The molecule has 0 aromatic heterocycles. The normalized spacial score (nSPS) is 29.3. The number of likely N-dealkylation sites (N-methyl/N-ethyl adjacent to an activating group) is 1. The Kier molecular flexibility index (Phi) is 6.45. The van der Waals surface area contributed by atoms with Crippen molar-refractivity contribution in [2.75, 3.05) is 14.1 Å². The topological polar surface area (TPSA) is 199 Å². The summed E-state index contributed by atoms with van der Waals surface area (Å²) in [4.78, 5) is 52.6. The fraction of sp³-hybridized carbons (Fsp3) is 0.333. The van der Waals surface area contributed by atoms with Gasteiger partial charge in [0.2, 0.25) is 5.78 Å². The van der Waals surface area contributed by atoms with Gasteiger partial charge in [0.1, 0.15) is 22.8 Å². The molecule has 0 radical (unpaired) electrons. The van der Waals surface area contributed by atoms with Crippen LogP contribution in [-0.2, 0) is 14.4 Å². The summed E-state index contributed by atoms with van der Waals surface area (Å²) in [6.45, 7) is 3.10.